The topological polar surface area (TPSA) is 225 Å². The third kappa shape index (κ3) is 14.8. The zero-order valence-corrected chi connectivity index (χ0v) is 45.0. The fraction of sp³-hybridized carbons (Fsp3) is 0.808. The Hall–Kier alpha value is -3.57. The fourth-order valence-corrected chi connectivity index (χ4v) is 11.2. The van der Waals surface area contributed by atoms with E-state index in [-0.39, 0.29) is 57.2 Å². The number of aliphatic hydroxyl groups excluding tert-OH is 1. The molecule has 0 spiro atoms. The van der Waals surface area contributed by atoms with Crippen molar-refractivity contribution in [3.05, 3.63) is 30.1 Å². The van der Waals surface area contributed by atoms with E-state index in [0.29, 0.717) is 25.1 Å². The van der Waals surface area contributed by atoms with Crippen LogP contribution in [0.2, 0.25) is 0 Å². The van der Waals surface area contributed by atoms with Gasteiger partial charge in [-0.15, -0.1) is 0 Å². The first kappa shape index (κ1) is 59.3. The molecule has 0 saturated carbocycles. The molecule has 0 aliphatic carbocycles. The lowest BCUT2D eigenvalue weighted by Crippen LogP contribution is -2.59. The number of nitrogens with zero attached hydrogens (tertiary/aromatic N) is 3. The number of benzene rings is 1. The van der Waals surface area contributed by atoms with Crippen molar-refractivity contribution < 1.29 is 76.8 Å². The lowest BCUT2D eigenvalue weighted by Gasteiger charge is -2.48. The van der Waals surface area contributed by atoms with E-state index in [4.69, 9.17) is 37.9 Å². The van der Waals surface area contributed by atoms with Gasteiger partial charge in [-0.05, 0) is 107 Å². The number of anilines is 1. The maximum absolute atomic E-state index is 14.5. The van der Waals surface area contributed by atoms with E-state index in [0.717, 1.165) is 0 Å². The van der Waals surface area contributed by atoms with Gasteiger partial charge in [0.05, 0.1) is 72.8 Å². The number of amides is 2. The van der Waals surface area contributed by atoms with Gasteiger partial charge in [0, 0.05) is 51.3 Å². The summed E-state index contributed by atoms with van der Waals surface area (Å²) < 4.78 is 63.9. The quantitative estimate of drug-likeness (QED) is 0.148. The van der Waals surface area contributed by atoms with Crippen molar-refractivity contribution in [2.24, 2.45) is 17.8 Å². The molecule has 0 radical (unpaired) electrons. The molecule has 4 aliphatic heterocycles. The Morgan fingerprint density at radius 2 is 1.62 bits per heavy atom. The average Bonchev–Trinajstić information content (AvgIpc) is 3.68. The zero-order chi connectivity index (χ0) is 53.6. The predicted molar refractivity (Wildman–Crippen MR) is 263 cm³/mol. The van der Waals surface area contributed by atoms with E-state index in [1.165, 1.54) is 30.0 Å². The van der Waals surface area contributed by atoms with E-state index in [2.05, 4.69) is 5.32 Å². The lowest BCUT2D eigenvalue weighted by atomic mass is 9.77. The Balaban J connectivity index is 1.34. The first-order valence-corrected chi connectivity index (χ1v) is 25.7. The Morgan fingerprint density at radius 1 is 0.931 bits per heavy atom. The second kappa shape index (κ2) is 24.8. The molecule has 4 heterocycles. The van der Waals surface area contributed by atoms with E-state index >= 15 is 0 Å². The summed E-state index contributed by atoms with van der Waals surface area (Å²) in [5, 5.41) is 39.0. The van der Waals surface area contributed by atoms with Crippen molar-refractivity contribution in [2.75, 3.05) is 52.8 Å². The molecule has 19 nitrogen and oxygen atoms in total. The molecule has 2 amide bonds. The molecule has 4 N–H and O–H groups in total. The minimum atomic E-state index is -1.83. The molecule has 4 aliphatic rings. The van der Waals surface area contributed by atoms with Crippen LogP contribution in [0.1, 0.15) is 114 Å². The van der Waals surface area contributed by atoms with Crippen molar-refractivity contribution in [3.8, 4) is 0 Å². The molecule has 72 heavy (non-hydrogen) atoms. The highest BCUT2D eigenvalue weighted by molar-refractivity contribution is 5.90. The normalized spacial score (nSPS) is 39.9. The number of carbonyl (C=O) groups excluding carboxylic acids is 4. The van der Waals surface area contributed by atoms with Crippen LogP contribution in [0.5, 0.6) is 0 Å². The first-order chi connectivity index (χ1) is 33.6. The third-order valence-corrected chi connectivity index (χ3v) is 15.3. The van der Waals surface area contributed by atoms with Gasteiger partial charge < -0.3 is 68.3 Å². The van der Waals surface area contributed by atoms with Gasteiger partial charge in [-0.2, -0.15) is 0 Å². The Bertz CT molecular complexity index is 1980. The van der Waals surface area contributed by atoms with Crippen molar-refractivity contribution in [2.45, 2.75) is 204 Å². The van der Waals surface area contributed by atoms with Crippen LogP contribution in [0.15, 0.2) is 24.3 Å². The summed E-state index contributed by atoms with van der Waals surface area (Å²) in [6, 6.07) is 4.54. The van der Waals surface area contributed by atoms with E-state index in [1.54, 1.807) is 47.8 Å². The summed E-state index contributed by atoms with van der Waals surface area (Å²) in [5.74, 6) is -4.20. The number of hydrogen-bond donors (Lipinski definition) is 4. The number of likely N-dealkylation sites (N-methyl/N-ethyl adjacent to an activating group) is 2. The zero-order valence-electron chi connectivity index (χ0n) is 45.0. The number of ether oxygens (including phenoxy) is 8. The monoisotopic (exact) mass is 1020 g/mol. The van der Waals surface area contributed by atoms with Crippen molar-refractivity contribution >= 4 is 29.6 Å². The molecule has 5 rings (SSSR count). The molecule has 1 aromatic rings. The summed E-state index contributed by atoms with van der Waals surface area (Å²) >= 11 is 0. The SMILES string of the molecule is CC[C@H]1OC(=O)[C@H](C)[C@@H](O[C@H]2C[C@@](C)(OC)C[C@H](C)O2)[C@H](C)[C@@H](O[C@H]2C[C@@H](N(C)C)[C@H](OC(=O)CCC(=O)NC[C@H]3CN(c4cccc(F)c4)C(=O)O3)[C@@H](C)O2)[C@](C)(O)C[C@@H](C)CN(C)[C@H](C)[C@@H](O)[C@]1(C)O. The van der Waals surface area contributed by atoms with Crippen LogP contribution in [0.25, 0.3) is 0 Å². The van der Waals surface area contributed by atoms with Crippen LogP contribution in [0.4, 0.5) is 14.9 Å². The molecule has 20 heteroatoms. The summed E-state index contributed by atoms with van der Waals surface area (Å²) in [7, 11) is 7.15. The number of cyclic esters (lactones) is 2. The summed E-state index contributed by atoms with van der Waals surface area (Å²) in [6.07, 6.45) is -8.19. The van der Waals surface area contributed by atoms with Crippen LogP contribution in [0, 0.1) is 23.6 Å². The minimum absolute atomic E-state index is 0.00591. The Labute approximate surface area is 425 Å². The maximum Gasteiger partial charge on any atom is 0.414 e. The van der Waals surface area contributed by atoms with Gasteiger partial charge in [0.15, 0.2) is 12.6 Å². The number of halogens is 1. The van der Waals surface area contributed by atoms with Crippen LogP contribution in [-0.2, 0) is 52.3 Å². The van der Waals surface area contributed by atoms with Gasteiger partial charge >= 0.3 is 18.0 Å². The fourth-order valence-electron chi connectivity index (χ4n) is 11.2. The molecule has 18 atom stereocenters. The van der Waals surface area contributed by atoms with Crippen LogP contribution in [-0.4, -0.2) is 187 Å². The summed E-state index contributed by atoms with van der Waals surface area (Å²) in [4.78, 5) is 58.3. The number of esters is 2. The molecule has 0 aromatic heterocycles. The second-order valence-corrected chi connectivity index (χ2v) is 22.0. The van der Waals surface area contributed by atoms with Crippen LogP contribution in [0.3, 0.4) is 0 Å². The van der Waals surface area contributed by atoms with Gasteiger partial charge in [-0.3, -0.25) is 19.3 Å². The Kier molecular flexibility index (Phi) is 20.5. The van der Waals surface area contributed by atoms with Crippen molar-refractivity contribution in [3.63, 3.8) is 0 Å². The number of carbonyl (C=O) groups is 4. The largest absolute Gasteiger partial charge is 0.459 e. The van der Waals surface area contributed by atoms with Crippen LogP contribution >= 0.6 is 0 Å². The minimum Gasteiger partial charge on any atom is -0.459 e. The smallest absolute Gasteiger partial charge is 0.414 e. The van der Waals surface area contributed by atoms with Crippen molar-refractivity contribution in [1.29, 1.82) is 0 Å². The maximum atomic E-state index is 14.5. The molecule has 4 saturated heterocycles. The summed E-state index contributed by atoms with van der Waals surface area (Å²) in [5.41, 5.74) is -3.67. The lowest BCUT2D eigenvalue weighted by molar-refractivity contribution is -0.300. The van der Waals surface area contributed by atoms with Gasteiger partial charge in [-0.1, -0.05) is 26.8 Å². The van der Waals surface area contributed by atoms with E-state index < -0.39 is 126 Å². The van der Waals surface area contributed by atoms with Crippen LogP contribution < -0.4 is 10.2 Å². The van der Waals surface area contributed by atoms with Crippen molar-refractivity contribution in [1.82, 2.24) is 15.1 Å². The third-order valence-electron chi connectivity index (χ3n) is 15.3. The molecule has 4 fully saturated rings. The first-order valence-electron chi connectivity index (χ1n) is 25.7. The van der Waals surface area contributed by atoms with E-state index in [9.17, 15) is 38.9 Å². The number of aliphatic hydroxyl groups is 3. The van der Waals surface area contributed by atoms with E-state index in [1.807, 2.05) is 58.6 Å². The molecule has 1 aromatic carbocycles. The van der Waals surface area contributed by atoms with Gasteiger partial charge in [0.2, 0.25) is 5.91 Å². The van der Waals surface area contributed by atoms with Gasteiger partial charge in [0.1, 0.15) is 35.8 Å². The second-order valence-electron chi connectivity index (χ2n) is 22.0. The Morgan fingerprint density at radius 3 is 2.26 bits per heavy atom. The highest BCUT2D eigenvalue weighted by atomic mass is 19.1. The predicted octanol–water partition coefficient (Wildman–Crippen LogP) is 4.54. The number of rotatable bonds is 14. The van der Waals surface area contributed by atoms with Gasteiger partial charge in [-0.25, -0.2) is 9.18 Å². The molecular weight excluding hydrogens is 940 g/mol. The standard InChI is InChI=1S/C52H85FN4O15/c1-15-39-52(10,64)46(60)33(6)56(13)27-29(2)23-51(9,63)47(31(4)44(32(5)48(61)69-39)71-43-25-50(8,65-14)24-30(3)66-43)72-42-22-38(55(11)12)45(34(7)67-42)70-41(59)20-19-40(58)54-26-37-28-57(49(62)68-37)36-18-16-17-35(53)21-36/h16-18,21,29-34,37-39,42-47,60,63-64H,15,19-20,22-28H2,1-14H3,(H,54,58)/t29-,30+,31+,32-,33-,34-,37+,38-,39-,42+,43+,44+,45-,46-,47-,50+,51-,52-/m1/s1. The molecule has 0 unspecified atom stereocenters. The van der Waals surface area contributed by atoms with Gasteiger partial charge in [0.25, 0.3) is 0 Å². The number of hydrogen-bond acceptors (Lipinski definition) is 17. The molecular formula is C52H85FN4O15. The number of nitrogens with one attached hydrogen (secondary N) is 1. The highest BCUT2D eigenvalue weighted by Gasteiger charge is 2.52. The molecule has 410 valence electrons. The summed E-state index contributed by atoms with van der Waals surface area (Å²) in [6.45, 7) is 18.4. The highest BCUT2D eigenvalue weighted by Crippen LogP contribution is 2.40. The number of methoxy groups -OCH3 is 1. The molecule has 0 bridgehead atoms. The average molecular weight is 1030 g/mol.